The molecular weight excluding hydrogens is 630 g/mol. The molecule has 0 saturated carbocycles. The summed E-state index contributed by atoms with van der Waals surface area (Å²) in [5.41, 5.74) is 2.66. The second kappa shape index (κ2) is 12.2. The first-order valence-corrected chi connectivity index (χ1v) is 20.4. The number of benzene rings is 1. The van der Waals surface area contributed by atoms with E-state index in [1.165, 1.54) is 12.1 Å². The molecule has 45 heavy (non-hydrogen) atoms. The van der Waals surface area contributed by atoms with Crippen LogP contribution >= 0.6 is 11.6 Å². The van der Waals surface area contributed by atoms with Crippen molar-refractivity contribution < 1.29 is 17.6 Å². The molecule has 1 N–H and O–H groups in total. The van der Waals surface area contributed by atoms with Crippen molar-refractivity contribution >= 4 is 53.0 Å². The Morgan fingerprint density at radius 1 is 1.20 bits per heavy atom. The van der Waals surface area contributed by atoms with E-state index in [1.807, 2.05) is 19.2 Å². The zero-order valence-corrected chi connectivity index (χ0v) is 29.5. The van der Waals surface area contributed by atoms with Crippen LogP contribution in [0.5, 0.6) is 0 Å². The quantitative estimate of drug-likeness (QED) is 0.313. The lowest BCUT2D eigenvalue weighted by atomic mass is 9.98. The van der Waals surface area contributed by atoms with E-state index in [0.717, 1.165) is 30.5 Å². The molecule has 0 aliphatic carbocycles. The molecule has 2 aliphatic heterocycles. The topological polar surface area (TPSA) is 133 Å². The monoisotopic (exact) mass is 671 g/mol. The molecule has 3 atom stereocenters. The molecule has 5 rings (SSSR count). The third kappa shape index (κ3) is 6.99. The number of hydrogen-bond acceptors (Lipinski definition) is 8. The standard InChI is InChI=1S/C31H42ClN7O4SSi/c1-20-17-39-28(34-29(20)37-18-21(16-33)27(19-37)43-45(6,7)31(2,3)4)15-25(35-39)26-10-8-9-13-38(26)30(40)23-14-22(32)11-12-24(23)36-44(5,41)42/h11-12,14-15,17,21,26-27,36H,8-10,13,18-19H2,1-7H3/t21-,26-,27+/m0/s1. The summed E-state index contributed by atoms with van der Waals surface area (Å²) in [5, 5.41) is 15.2. The highest BCUT2D eigenvalue weighted by Crippen LogP contribution is 2.40. The molecule has 0 radical (unpaired) electrons. The Balaban J connectivity index is 1.43. The van der Waals surface area contributed by atoms with E-state index in [1.54, 1.807) is 15.5 Å². The molecular formula is C31H42ClN7O4SSi. The van der Waals surface area contributed by atoms with Gasteiger partial charge in [0, 0.05) is 42.5 Å². The molecule has 11 nitrogen and oxygen atoms in total. The average Bonchev–Trinajstić information content (AvgIpc) is 3.54. The van der Waals surface area contributed by atoms with Gasteiger partial charge in [-0.2, -0.15) is 10.4 Å². The van der Waals surface area contributed by atoms with Crippen LogP contribution in [0.1, 0.15) is 67.7 Å². The number of likely N-dealkylation sites (tertiary alicyclic amines) is 1. The van der Waals surface area contributed by atoms with Gasteiger partial charge < -0.3 is 14.2 Å². The summed E-state index contributed by atoms with van der Waals surface area (Å²) in [6.45, 7) is 14.6. The molecule has 242 valence electrons. The Hall–Kier alpha value is -3.18. The number of sulfonamides is 1. The lowest BCUT2D eigenvalue weighted by Crippen LogP contribution is -2.45. The Labute approximate surface area is 271 Å². The third-order valence-electron chi connectivity index (χ3n) is 9.22. The maximum Gasteiger partial charge on any atom is 0.256 e. The summed E-state index contributed by atoms with van der Waals surface area (Å²) in [6.07, 6.45) is 5.24. The second-order valence-electron chi connectivity index (χ2n) is 13.8. The number of rotatable bonds is 7. The molecule has 2 aromatic heterocycles. The number of halogens is 1. The van der Waals surface area contributed by atoms with E-state index in [0.29, 0.717) is 42.4 Å². The number of anilines is 2. The Morgan fingerprint density at radius 3 is 2.60 bits per heavy atom. The highest BCUT2D eigenvalue weighted by Gasteiger charge is 2.44. The highest BCUT2D eigenvalue weighted by molar-refractivity contribution is 7.92. The van der Waals surface area contributed by atoms with Gasteiger partial charge in [0.2, 0.25) is 10.0 Å². The van der Waals surface area contributed by atoms with E-state index < -0.39 is 18.3 Å². The van der Waals surface area contributed by atoms with E-state index >= 15 is 0 Å². The van der Waals surface area contributed by atoms with E-state index in [4.69, 9.17) is 26.1 Å². The van der Waals surface area contributed by atoms with Gasteiger partial charge in [0.25, 0.3) is 5.91 Å². The Bertz CT molecular complexity index is 1770. The fourth-order valence-electron chi connectivity index (χ4n) is 5.87. The maximum absolute atomic E-state index is 13.9. The number of nitrogens with zero attached hydrogens (tertiary/aromatic N) is 6. The van der Waals surface area contributed by atoms with Gasteiger partial charge in [0.1, 0.15) is 5.82 Å². The van der Waals surface area contributed by atoms with Crippen LogP contribution in [0.2, 0.25) is 23.2 Å². The largest absolute Gasteiger partial charge is 0.411 e. The number of aryl methyl sites for hydroxylation is 1. The van der Waals surface area contributed by atoms with Gasteiger partial charge in [-0.1, -0.05) is 32.4 Å². The normalized spacial score (nSPS) is 21.3. The first-order valence-electron chi connectivity index (χ1n) is 15.2. The molecule has 0 spiro atoms. The van der Waals surface area contributed by atoms with E-state index in [2.05, 4.69) is 49.6 Å². The lowest BCUT2D eigenvalue weighted by Gasteiger charge is -2.38. The summed E-state index contributed by atoms with van der Waals surface area (Å²) < 4.78 is 34.9. The van der Waals surface area contributed by atoms with Crippen molar-refractivity contribution in [1.82, 2.24) is 19.5 Å². The zero-order valence-electron chi connectivity index (χ0n) is 27.0. The third-order valence-corrected chi connectivity index (χ3v) is 14.6. The summed E-state index contributed by atoms with van der Waals surface area (Å²) in [5.74, 6) is 0.220. The van der Waals surface area contributed by atoms with Crippen molar-refractivity contribution in [1.29, 1.82) is 5.26 Å². The highest BCUT2D eigenvalue weighted by atomic mass is 35.5. The molecule has 2 saturated heterocycles. The predicted molar refractivity (Wildman–Crippen MR) is 179 cm³/mol. The minimum absolute atomic E-state index is 0.0362. The van der Waals surface area contributed by atoms with E-state index in [-0.39, 0.29) is 40.3 Å². The van der Waals surface area contributed by atoms with Crippen molar-refractivity contribution in [2.45, 2.75) is 77.2 Å². The van der Waals surface area contributed by atoms with Gasteiger partial charge in [0.05, 0.1) is 47.3 Å². The Kier molecular flexibility index (Phi) is 9.00. The van der Waals surface area contributed by atoms with Crippen LogP contribution in [0.4, 0.5) is 11.5 Å². The predicted octanol–water partition coefficient (Wildman–Crippen LogP) is 5.78. The summed E-state index contributed by atoms with van der Waals surface area (Å²) in [7, 11) is -5.69. The minimum Gasteiger partial charge on any atom is -0.411 e. The number of carbonyl (C=O) groups is 1. The molecule has 14 heteroatoms. The number of amides is 1. The minimum atomic E-state index is -3.62. The summed E-state index contributed by atoms with van der Waals surface area (Å²) in [6, 6.07) is 8.61. The SMILES string of the molecule is Cc1cn2nc([C@@H]3CCCCN3C(=O)c3cc(Cl)ccc3NS(C)(=O)=O)cc2nc1N1C[C@H](C#N)[C@H](O[Si](C)(C)C(C)(C)C)C1. The van der Waals surface area contributed by atoms with Gasteiger partial charge in [0.15, 0.2) is 14.0 Å². The lowest BCUT2D eigenvalue weighted by molar-refractivity contribution is 0.0607. The van der Waals surface area contributed by atoms with Gasteiger partial charge in [-0.05, 0) is 62.5 Å². The molecule has 0 unspecified atom stereocenters. The van der Waals surface area contributed by atoms with Crippen LogP contribution in [0, 0.1) is 24.2 Å². The molecule has 2 fully saturated rings. The van der Waals surface area contributed by atoms with Crippen LogP contribution in [0.3, 0.4) is 0 Å². The van der Waals surface area contributed by atoms with Crippen LogP contribution in [0.25, 0.3) is 5.65 Å². The van der Waals surface area contributed by atoms with Crippen LogP contribution in [0.15, 0.2) is 30.5 Å². The van der Waals surface area contributed by atoms with Gasteiger partial charge in [-0.25, -0.2) is 17.9 Å². The van der Waals surface area contributed by atoms with E-state index in [9.17, 15) is 18.5 Å². The molecule has 2 aliphatic rings. The fraction of sp³-hybridized carbons (Fsp3) is 0.548. The van der Waals surface area contributed by atoms with Gasteiger partial charge in [-0.3, -0.25) is 9.52 Å². The van der Waals surface area contributed by atoms with Crippen LogP contribution in [-0.4, -0.2) is 74.1 Å². The number of fused-ring (bicyclic) bond motifs is 1. The van der Waals surface area contributed by atoms with Crippen molar-refractivity contribution in [2.75, 3.05) is 35.5 Å². The number of nitriles is 1. The smallest absolute Gasteiger partial charge is 0.256 e. The number of piperidine rings is 1. The van der Waals surface area contributed by atoms with Gasteiger partial charge >= 0.3 is 0 Å². The summed E-state index contributed by atoms with van der Waals surface area (Å²) in [4.78, 5) is 22.8. The van der Waals surface area contributed by atoms with Crippen LogP contribution in [-0.2, 0) is 14.4 Å². The first-order chi connectivity index (χ1) is 21.0. The molecule has 0 bridgehead atoms. The van der Waals surface area contributed by atoms with Gasteiger partial charge in [-0.15, -0.1) is 0 Å². The van der Waals surface area contributed by atoms with Crippen LogP contribution < -0.4 is 9.62 Å². The van der Waals surface area contributed by atoms with Crippen molar-refractivity contribution in [2.24, 2.45) is 5.92 Å². The molecule has 1 amide bonds. The summed E-state index contributed by atoms with van der Waals surface area (Å²) >= 11 is 6.24. The first kappa shape index (κ1) is 33.2. The number of carbonyl (C=O) groups excluding carboxylic acids is 1. The number of nitrogens with one attached hydrogen (secondary N) is 1. The molecule has 1 aromatic carbocycles. The number of hydrogen-bond donors (Lipinski definition) is 1. The molecule has 4 heterocycles. The fourth-order valence-corrected chi connectivity index (χ4v) is 7.97. The van der Waals surface area contributed by atoms with Crippen molar-refractivity contribution in [3.8, 4) is 6.07 Å². The Morgan fingerprint density at radius 2 is 1.93 bits per heavy atom. The second-order valence-corrected chi connectivity index (χ2v) is 20.7. The van der Waals surface area contributed by atoms with Crippen molar-refractivity contribution in [3.63, 3.8) is 0 Å². The zero-order chi connectivity index (χ0) is 32.9. The van der Waals surface area contributed by atoms with Crippen molar-refractivity contribution in [3.05, 3.63) is 52.3 Å². The maximum atomic E-state index is 13.9. The molecule has 3 aromatic rings. The average molecular weight is 672 g/mol. The number of aromatic nitrogens is 3.